The molecule has 0 spiro atoms. The molecule has 4 heteroatoms. The predicted octanol–water partition coefficient (Wildman–Crippen LogP) is 1.97. The highest BCUT2D eigenvalue weighted by Crippen LogP contribution is 2.33. The summed E-state index contributed by atoms with van der Waals surface area (Å²) in [6, 6.07) is 0.597. The highest BCUT2D eigenvalue weighted by molar-refractivity contribution is 4.85. The Kier molecular flexibility index (Phi) is 3.93. The number of hydrogen-bond donors (Lipinski definition) is 1. The third kappa shape index (κ3) is 3.30. The first-order valence-corrected chi connectivity index (χ1v) is 6.39. The maximum Gasteiger partial charge on any atom is 0.140 e. The Morgan fingerprint density at radius 3 is 3.06 bits per heavy atom. The Balaban J connectivity index is 1.76. The molecule has 1 saturated carbocycles. The fourth-order valence-corrected chi connectivity index (χ4v) is 2.03. The van der Waals surface area contributed by atoms with Crippen molar-refractivity contribution in [3.05, 3.63) is 12.2 Å². The molecule has 1 aliphatic carbocycles. The first kappa shape index (κ1) is 11.6. The lowest BCUT2D eigenvalue weighted by Gasteiger charge is -2.13. The monoisotopic (exact) mass is 222 g/mol. The van der Waals surface area contributed by atoms with E-state index in [1.165, 1.54) is 19.3 Å². The molecule has 0 amide bonds. The van der Waals surface area contributed by atoms with E-state index in [4.69, 9.17) is 0 Å². The quantitative estimate of drug-likeness (QED) is 0.767. The van der Waals surface area contributed by atoms with Gasteiger partial charge in [0, 0.05) is 12.6 Å². The van der Waals surface area contributed by atoms with Crippen molar-refractivity contribution in [2.75, 3.05) is 0 Å². The van der Waals surface area contributed by atoms with Crippen molar-refractivity contribution in [2.45, 2.75) is 58.7 Å². The van der Waals surface area contributed by atoms with Crippen LogP contribution in [0.3, 0.4) is 0 Å². The fourth-order valence-electron chi connectivity index (χ4n) is 2.03. The van der Waals surface area contributed by atoms with Crippen LogP contribution in [0.2, 0.25) is 0 Å². The summed E-state index contributed by atoms with van der Waals surface area (Å²) in [7, 11) is 0. The lowest BCUT2D eigenvalue weighted by molar-refractivity contribution is 0.462. The molecule has 1 aromatic rings. The smallest absolute Gasteiger partial charge is 0.140 e. The Labute approximate surface area is 97.5 Å². The Hall–Kier alpha value is -0.900. The van der Waals surface area contributed by atoms with Gasteiger partial charge in [-0.05, 0) is 25.7 Å². The summed E-state index contributed by atoms with van der Waals surface area (Å²) in [5.41, 5.74) is 0. The number of nitrogens with one attached hydrogen (secondary N) is 1. The van der Waals surface area contributed by atoms with Crippen LogP contribution >= 0.6 is 0 Å². The molecule has 0 bridgehead atoms. The SMILES string of the molecule is CCCn1ncnc1CNC(C)CC1CC1. The van der Waals surface area contributed by atoms with E-state index in [0.29, 0.717) is 6.04 Å². The van der Waals surface area contributed by atoms with Gasteiger partial charge in [0.15, 0.2) is 0 Å². The zero-order chi connectivity index (χ0) is 11.4. The van der Waals surface area contributed by atoms with Gasteiger partial charge < -0.3 is 5.32 Å². The molecule has 1 aliphatic rings. The third-order valence-electron chi connectivity index (χ3n) is 3.12. The Bertz CT molecular complexity index is 317. The van der Waals surface area contributed by atoms with Gasteiger partial charge >= 0.3 is 0 Å². The van der Waals surface area contributed by atoms with Crippen LogP contribution in [0.25, 0.3) is 0 Å². The van der Waals surface area contributed by atoms with Crippen molar-refractivity contribution in [3.8, 4) is 0 Å². The van der Waals surface area contributed by atoms with E-state index in [-0.39, 0.29) is 0 Å². The van der Waals surface area contributed by atoms with Gasteiger partial charge in [-0.15, -0.1) is 0 Å². The molecule has 1 fully saturated rings. The molecule has 1 N–H and O–H groups in total. The van der Waals surface area contributed by atoms with E-state index >= 15 is 0 Å². The van der Waals surface area contributed by atoms with Gasteiger partial charge in [0.25, 0.3) is 0 Å². The summed E-state index contributed by atoms with van der Waals surface area (Å²) in [4.78, 5) is 4.29. The first-order valence-electron chi connectivity index (χ1n) is 6.39. The molecule has 1 aromatic heterocycles. The number of rotatable bonds is 7. The van der Waals surface area contributed by atoms with Gasteiger partial charge in [-0.3, -0.25) is 0 Å². The molecule has 0 radical (unpaired) electrons. The minimum absolute atomic E-state index is 0.597. The van der Waals surface area contributed by atoms with Crippen molar-refractivity contribution >= 4 is 0 Å². The van der Waals surface area contributed by atoms with Crippen molar-refractivity contribution in [3.63, 3.8) is 0 Å². The molecule has 4 nitrogen and oxygen atoms in total. The highest BCUT2D eigenvalue weighted by Gasteiger charge is 2.23. The Morgan fingerprint density at radius 1 is 1.56 bits per heavy atom. The molecular weight excluding hydrogens is 200 g/mol. The molecule has 1 heterocycles. The van der Waals surface area contributed by atoms with Gasteiger partial charge in [-0.1, -0.05) is 19.8 Å². The summed E-state index contributed by atoms with van der Waals surface area (Å²) in [6.07, 6.45) is 6.92. The van der Waals surface area contributed by atoms with Gasteiger partial charge in [0.1, 0.15) is 12.2 Å². The lowest BCUT2D eigenvalue weighted by atomic mass is 10.1. The van der Waals surface area contributed by atoms with Crippen molar-refractivity contribution in [1.82, 2.24) is 20.1 Å². The van der Waals surface area contributed by atoms with Gasteiger partial charge in [0.05, 0.1) is 6.54 Å². The van der Waals surface area contributed by atoms with Crippen LogP contribution < -0.4 is 5.32 Å². The highest BCUT2D eigenvalue weighted by atomic mass is 15.3. The maximum atomic E-state index is 4.29. The molecule has 0 aliphatic heterocycles. The van der Waals surface area contributed by atoms with Crippen molar-refractivity contribution < 1.29 is 0 Å². The standard InChI is InChI=1S/C12H22N4/c1-3-6-16-12(14-9-15-16)8-13-10(2)7-11-4-5-11/h9-11,13H,3-8H2,1-2H3. The van der Waals surface area contributed by atoms with E-state index in [1.807, 2.05) is 4.68 Å². The van der Waals surface area contributed by atoms with Crippen LogP contribution in [-0.2, 0) is 13.1 Å². The van der Waals surface area contributed by atoms with Crippen LogP contribution in [0.5, 0.6) is 0 Å². The number of aryl methyl sites for hydroxylation is 1. The summed E-state index contributed by atoms with van der Waals surface area (Å²) in [5, 5.41) is 7.75. The predicted molar refractivity (Wildman–Crippen MR) is 64.0 cm³/mol. The second-order valence-corrected chi connectivity index (χ2v) is 4.86. The molecule has 0 aromatic carbocycles. The van der Waals surface area contributed by atoms with E-state index in [9.17, 15) is 0 Å². The Morgan fingerprint density at radius 2 is 2.38 bits per heavy atom. The van der Waals surface area contributed by atoms with Crippen LogP contribution in [0.4, 0.5) is 0 Å². The van der Waals surface area contributed by atoms with Gasteiger partial charge in [-0.2, -0.15) is 5.10 Å². The van der Waals surface area contributed by atoms with Crippen LogP contribution in [0, 0.1) is 5.92 Å². The molecule has 2 rings (SSSR count). The second kappa shape index (κ2) is 5.43. The third-order valence-corrected chi connectivity index (χ3v) is 3.12. The maximum absolute atomic E-state index is 4.29. The molecule has 1 atom stereocenters. The molecule has 16 heavy (non-hydrogen) atoms. The van der Waals surface area contributed by atoms with Gasteiger partial charge in [0.2, 0.25) is 0 Å². The van der Waals surface area contributed by atoms with E-state index in [1.54, 1.807) is 6.33 Å². The van der Waals surface area contributed by atoms with Crippen molar-refractivity contribution in [1.29, 1.82) is 0 Å². The normalized spacial score (nSPS) is 17.6. The lowest BCUT2D eigenvalue weighted by Crippen LogP contribution is -2.27. The van der Waals surface area contributed by atoms with E-state index < -0.39 is 0 Å². The van der Waals surface area contributed by atoms with Crippen molar-refractivity contribution in [2.24, 2.45) is 5.92 Å². The second-order valence-electron chi connectivity index (χ2n) is 4.86. The van der Waals surface area contributed by atoms with Crippen LogP contribution in [0.15, 0.2) is 6.33 Å². The van der Waals surface area contributed by atoms with Crippen LogP contribution in [-0.4, -0.2) is 20.8 Å². The summed E-state index contributed by atoms with van der Waals surface area (Å²) in [6.45, 7) is 6.23. The average molecular weight is 222 g/mol. The molecular formula is C12H22N4. The minimum Gasteiger partial charge on any atom is -0.307 e. The zero-order valence-corrected chi connectivity index (χ0v) is 10.3. The fraction of sp³-hybridized carbons (Fsp3) is 0.833. The molecule has 0 saturated heterocycles. The topological polar surface area (TPSA) is 42.7 Å². The number of hydrogen-bond acceptors (Lipinski definition) is 3. The molecule has 90 valence electrons. The summed E-state index contributed by atoms with van der Waals surface area (Å²) < 4.78 is 2.00. The summed E-state index contributed by atoms with van der Waals surface area (Å²) >= 11 is 0. The van der Waals surface area contributed by atoms with E-state index in [2.05, 4.69) is 29.2 Å². The number of nitrogens with zero attached hydrogens (tertiary/aromatic N) is 3. The van der Waals surface area contributed by atoms with Gasteiger partial charge in [-0.25, -0.2) is 9.67 Å². The zero-order valence-electron chi connectivity index (χ0n) is 10.3. The van der Waals surface area contributed by atoms with Crippen LogP contribution in [0.1, 0.15) is 45.4 Å². The average Bonchev–Trinajstić information content (AvgIpc) is 2.95. The molecule has 1 unspecified atom stereocenters. The minimum atomic E-state index is 0.597. The van der Waals surface area contributed by atoms with E-state index in [0.717, 1.165) is 31.3 Å². The largest absolute Gasteiger partial charge is 0.307 e. The first-order chi connectivity index (χ1) is 7.79. The number of aromatic nitrogens is 3. The summed E-state index contributed by atoms with van der Waals surface area (Å²) in [5.74, 6) is 2.04.